The minimum atomic E-state index is -0.497. The second-order valence-electron chi connectivity index (χ2n) is 4.53. The van der Waals surface area contributed by atoms with Gasteiger partial charge in [0, 0.05) is 24.0 Å². The lowest BCUT2D eigenvalue weighted by Crippen LogP contribution is -2.42. The fourth-order valence-corrected chi connectivity index (χ4v) is 2.77. The Balaban J connectivity index is 1.85. The van der Waals surface area contributed by atoms with Crippen molar-refractivity contribution < 1.29 is 9.59 Å². The number of thiazole rings is 1. The van der Waals surface area contributed by atoms with Crippen LogP contribution >= 0.6 is 22.9 Å². The van der Waals surface area contributed by atoms with E-state index in [1.165, 1.54) is 4.57 Å². The van der Waals surface area contributed by atoms with Crippen LogP contribution in [0.15, 0.2) is 34.4 Å². The van der Waals surface area contributed by atoms with Crippen molar-refractivity contribution in [2.75, 3.05) is 0 Å². The Hall–Kier alpha value is -2.12. The average molecular weight is 340 g/mol. The van der Waals surface area contributed by atoms with Crippen LogP contribution in [-0.2, 0) is 11.3 Å². The maximum absolute atomic E-state index is 11.8. The molecule has 116 valence electrons. The van der Waals surface area contributed by atoms with Crippen LogP contribution in [0, 0.1) is 6.92 Å². The van der Waals surface area contributed by atoms with E-state index in [2.05, 4.69) is 10.9 Å². The summed E-state index contributed by atoms with van der Waals surface area (Å²) < 4.78 is 1.51. The van der Waals surface area contributed by atoms with Crippen molar-refractivity contribution in [3.05, 3.63) is 55.6 Å². The van der Waals surface area contributed by atoms with Gasteiger partial charge in [0.1, 0.15) is 0 Å². The Labute approximate surface area is 135 Å². The first kappa shape index (κ1) is 16.3. The number of amides is 2. The maximum atomic E-state index is 11.8. The molecule has 2 aromatic rings. The lowest BCUT2D eigenvalue weighted by atomic mass is 10.2. The molecule has 0 saturated heterocycles. The molecule has 0 bridgehead atoms. The molecule has 0 aliphatic heterocycles. The second kappa shape index (κ2) is 7.24. The number of hydrazine groups is 1. The van der Waals surface area contributed by atoms with Crippen LogP contribution in [0.25, 0.3) is 0 Å². The van der Waals surface area contributed by atoms with Gasteiger partial charge in [-0.25, -0.2) is 0 Å². The van der Waals surface area contributed by atoms with Crippen LogP contribution < -0.4 is 15.7 Å². The van der Waals surface area contributed by atoms with E-state index in [4.69, 9.17) is 11.6 Å². The number of aromatic nitrogens is 1. The first-order valence-electron chi connectivity index (χ1n) is 6.47. The van der Waals surface area contributed by atoms with Gasteiger partial charge >= 0.3 is 4.87 Å². The van der Waals surface area contributed by atoms with Gasteiger partial charge in [0.05, 0.1) is 10.6 Å². The quantitative estimate of drug-likeness (QED) is 0.832. The SMILES string of the molecule is Cc1csc(=O)n1CCC(=O)NNC(=O)c1ccccc1Cl. The molecular weight excluding hydrogens is 326 g/mol. The molecule has 6 nitrogen and oxygen atoms in total. The van der Waals surface area contributed by atoms with Gasteiger partial charge < -0.3 is 4.57 Å². The summed E-state index contributed by atoms with van der Waals surface area (Å²) in [7, 11) is 0. The normalized spacial score (nSPS) is 10.3. The fraction of sp³-hybridized carbons (Fsp3) is 0.214. The number of carbonyl (C=O) groups is 2. The molecule has 1 aromatic carbocycles. The highest BCUT2D eigenvalue weighted by molar-refractivity contribution is 7.07. The zero-order valence-corrected chi connectivity index (χ0v) is 13.3. The molecule has 2 N–H and O–H groups in total. The van der Waals surface area contributed by atoms with Gasteiger partial charge in [0.25, 0.3) is 5.91 Å². The van der Waals surface area contributed by atoms with Gasteiger partial charge in [0.15, 0.2) is 0 Å². The van der Waals surface area contributed by atoms with Gasteiger partial charge in [-0.2, -0.15) is 0 Å². The Kier molecular flexibility index (Phi) is 5.35. The van der Waals surface area contributed by atoms with Gasteiger partial charge in [-0.1, -0.05) is 35.1 Å². The lowest BCUT2D eigenvalue weighted by Gasteiger charge is -2.09. The van der Waals surface area contributed by atoms with E-state index < -0.39 is 11.8 Å². The summed E-state index contributed by atoms with van der Waals surface area (Å²) in [5.74, 6) is -0.888. The monoisotopic (exact) mass is 339 g/mol. The summed E-state index contributed by atoms with van der Waals surface area (Å²) in [6, 6.07) is 6.52. The van der Waals surface area contributed by atoms with Crippen molar-refractivity contribution in [1.82, 2.24) is 15.4 Å². The van der Waals surface area contributed by atoms with Crippen LogP contribution in [0.3, 0.4) is 0 Å². The molecule has 1 heterocycles. The van der Waals surface area contributed by atoms with Crippen molar-refractivity contribution in [2.45, 2.75) is 19.9 Å². The number of benzene rings is 1. The highest BCUT2D eigenvalue weighted by Gasteiger charge is 2.11. The minimum Gasteiger partial charge on any atom is -0.303 e. The summed E-state index contributed by atoms with van der Waals surface area (Å²) in [6.45, 7) is 2.07. The molecule has 0 unspecified atom stereocenters. The van der Waals surface area contributed by atoms with E-state index >= 15 is 0 Å². The van der Waals surface area contributed by atoms with Crippen LogP contribution in [0.5, 0.6) is 0 Å². The molecule has 8 heteroatoms. The van der Waals surface area contributed by atoms with E-state index in [0.717, 1.165) is 17.0 Å². The number of hydrogen-bond acceptors (Lipinski definition) is 4. The topological polar surface area (TPSA) is 80.2 Å². The molecule has 0 fully saturated rings. The molecule has 0 spiro atoms. The third kappa shape index (κ3) is 3.96. The van der Waals surface area contributed by atoms with E-state index in [1.807, 2.05) is 0 Å². The first-order chi connectivity index (χ1) is 10.5. The van der Waals surface area contributed by atoms with Crippen molar-refractivity contribution in [1.29, 1.82) is 0 Å². The Bertz CT molecular complexity index is 754. The molecule has 2 amide bonds. The van der Waals surface area contributed by atoms with Crippen molar-refractivity contribution in [3.8, 4) is 0 Å². The molecule has 0 aliphatic carbocycles. The van der Waals surface area contributed by atoms with Gasteiger partial charge in [-0.3, -0.25) is 25.2 Å². The smallest absolute Gasteiger partial charge is 0.303 e. The molecule has 0 aliphatic rings. The number of halogens is 1. The predicted molar refractivity (Wildman–Crippen MR) is 85.0 cm³/mol. The molecule has 2 rings (SSSR count). The second-order valence-corrected chi connectivity index (χ2v) is 5.75. The van der Waals surface area contributed by atoms with Crippen LogP contribution in [0.2, 0.25) is 5.02 Å². The molecule has 0 atom stereocenters. The average Bonchev–Trinajstić information content (AvgIpc) is 2.82. The third-order valence-corrected chi connectivity index (χ3v) is 4.18. The predicted octanol–water partition coefficient (Wildman–Crippen LogP) is 1.72. The minimum absolute atomic E-state index is 0.0836. The fourth-order valence-electron chi connectivity index (χ4n) is 1.79. The first-order valence-corrected chi connectivity index (χ1v) is 7.73. The molecule has 22 heavy (non-hydrogen) atoms. The number of hydrogen-bond donors (Lipinski definition) is 2. The molecule has 0 radical (unpaired) electrons. The number of aryl methyl sites for hydroxylation is 1. The molecule has 0 saturated carbocycles. The van der Waals surface area contributed by atoms with E-state index in [-0.39, 0.29) is 23.4 Å². The summed E-state index contributed by atoms with van der Waals surface area (Å²) in [6.07, 6.45) is 0.0836. The van der Waals surface area contributed by atoms with Crippen LogP contribution in [0.4, 0.5) is 0 Å². The summed E-state index contributed by atoms with van der Waals surface area (Å²) >= 11 is 6.98. The van der Waals surface area contributed by atoms with Gasteiger partial charge in [-0.05, 0) is 19.1 Å². The van der Waals surface area contributed by atoms with Crippen molar-refractivity contribution in [3.63, 3.8) is 0 Å². The number of carbonyl (C=O) groups excluding carboxylic acids is 2. The van der Waals surface area contributed by atoms with Crippen LogP contribution in [-0.4, -0.2) is 16.4 Å². The van der Waals surface area contributed by atoms with Crippen molar-refractivity contribution in [2.24, 2.45) is 0 Å². The molecular formula is C14H14ClN3O3S. The summed E-state index contributed by atoms with van der Waals surface area (Å²) in [5, 5.41) is 2.04. The summed E-state index contributed by atoms with van der Waals surface area (Å²) in [5.41, 5.74) is 5.67. The van der Waals surface area contributed by atoms with Gasteiger partial charge in [-0.15, -0.1) is 0 Å². The van der Waals surface area contributed by atoms with Gasteiger partial charge in [0.2, 0.25) is 5.91 Å². The number of rotatable bonds is 4. The zero-order chi connectivity index (χ0) is 16.1. The highest BCUT2D eigenvalue weighted by Crippen LogP contribution is 2.14. The maximum Gasteiger partial charge on any atom is 0.307 e. The standard InChI is InChI=1S/C14H14ClN3O3S/c1-9-8-22-14(21)18(9)7-6-12(19)16-17-13(20)10-4-2-3-5-11(10)15/h2-5,8H,6-7H2,1H3,(H,16,19)(H,17,20). The number of nitrogens with zero attached hydrogens (tertiary/aromatic N) is 1. The Morgan fingerprint density at radius 1 is 1.27 bits per heavy atom. The zero-order valence-electron chi connectivity index (χ0n) is 11.8. The van der Waals surface area contributed by atoms with Crippen molar-refractivity contribution >= 4 is 34.8 Å². The lowest BCUT2D eigenvalue weighted by molar-refractivity contribution is -0.122. The Morgan fingerprint density at radius 2 is 2.00 bits per heavy atom. The highest BCUT2D eigenvalue weighted by atomic mass is 35.5. The molecule has 1 aromatic heterocycles. The summed E-state index contributed by atoms with van der Waals surface area (Å²) in [4.78, 5) is 35.0. The van der Waals surface area contributed by atoms with E-state index in [1.54, 1.807) is 36.6 Å². The van der Waals surface area contributed by atoms with Crippen LogP contribution in [0.1, 0.15) is 22.5 Å². The third-order valence-electron chi connectivity index (χ3n) is 2.97. The Morgan fingerprint density at radius 3 is 2.64 bits per heavy atom. The van der Waals surface area contributed by atoms with E-state index in [9.17, 15) is 14.4 Å². The van der Waals surface area contributed by atoms with E-state index in [0.29, 0.717) is 5.02 Å². The number of nitrogens with one attached hydrogen (secondary N) is 2. The largest absolute Gasteiger partial charge is 0.307 e.